The second-order valence-corrected chi connectivity index (χ2v) is 10.6. The molecule has 0 N–H and O–H groups in total. The van der Waals surface area contributed by atoms with Gasteiger partial charge in [-0.1, -0.05) is 80.4 Å². The molecule has 0 fully saturated rings. The predicted molar refractivity (Wildman–Crippen MR) is 172 cm³/mol. The molecule has 0 aromatic heterocycles. The van der Waals surface area contributed by atoms with Gasteiger partial charge in [-0.15, -0.1) is 0 Å². The SMILES string of the molecule is CCCCCC=CCC=CCCCCCCC(=O)OCC=C(COC(C)=O)C(CC=C(C)C#CC=C(C)C)OC(C)=O. The van der Waals surface area contributed by atoms with Crippen LogP contribution >= 0.6 is 0 Å². The summed E-state index contributed by atoms with van der Waals surface area (Å²) in [6.07, 6.45) is 25.4. The van der Waals surface area contributed by atoms with Crippen LogP contribution in [0.25, 0.3) is 0 Å². The van der Waals surface area contributed by atoms with Crippen molar-refractivity contribution in [3.63, 3.8) is 0 Å². The van der Waals surface area contributed by atoms with E-state index in [0.29, 0.717) is 18.4 Å². The van der Waals surface area contributed by atoms with Gasteiger partial charge in [0.2, 0.25) is 0 Å². The van der Waals surface area contributed by atoms with Crippen molar-refractivity contribution in [3.05, 3.63) is 59.3 Å². The number of rotatable bonds is 21. The smallest absolute Gasteiger partial charge is 0.306 e. The maximum absolute atomic E-state index is 12.3. The van der Waals surface area contributed by atoms with Crippen LogP contribution < -0.4 is 0 Å². The molecular formula is C36H54O6. The van der Waals surface area contributed by atoms with E-state index in [1.165, 1.54) is 39.5 Å². The van der Waals surface area contributed by atoms with E-state index in [1.807, 2.05) is 32.9 Å². The molecule has 234 valence electrons. The van der Waals surface area contributed by atoms with Crippen LogP contribution in [0, 0.1) is 11.8 Å². The van der Waals surface area contributed by atoms with Crippen molar-refractivity contribution in [2.75, 3.05) is 13.2 Å². The number of carbonyl (C=O) groups excluding carboxylic acids is 3. The van der Waals surface area contributed by atoms with E-state index in [2.05, 4.69) is 43.1 Å². The van der Waals surface area contributed by atoms with Crippen molar-refractivity contribution < 1.29 is 28.6 Å². The lowest BCUT2D eigenvalue weighted by Crippen LogP contribution is -2.23. The topological polar surface area (TPSA) is 78.9 Å². The summed E-state index contributed by atoms with van der Waals surface area (Å²) in [5.74, 6) is 4.82. The molecule has 42 heavy (non-hydrogen) atoms. The summed E-state index contributed by atoms with van der Waals surface area (Å²) in [5.41, 5.74) is 2.48. The van der Waals surface area contributed by atoms with Crippen LogP contribution in [0.15, 0.2) is 59.3 Å². The van der Waals surface area contributed by atoms with Crippen molar-refractivity contribution in [2.24, 2.45) is 0 Å². The van der Waals surface area contributed by atoms with E-state index in [9.17, 15) is 14.4 Å². The number of hydrogen-bond acceptors (Lipinski definition) is 6. The van der Waals surface area contributed by atoms with E-state index in [-0.39, 0.29) is 19.2 Å². The molecule has 1 unspecified atom stereocenters. The molecule has 0 saturated carbocycles. The van der Waals surface area contributed by atoms with Gasteiger partial charge in [-0.2, -0.15) is 0 Å². The van der Waals surface area contributed by atoms with Gasteiger partial charge in [-0.25, -0.2) is 0 Å². The van der Waals surface area contributed by atoms with Gasteiger partial charge in [0, 0.05) is 32.3 Å². The summed E-state index contributed by atoms with van der Waals surface area (Å²) in [4.78, 5) is 35.5. The van der Waals surface area contributed by atoms with Gasteiger partial charge in [0.15, 0.2) is 0 Å². The lowest BCUT2D eigenvalue weighted by molar-refractivity contribution is -0.146. The normalized spacial score (nSPS) is 12.5. The molecule has 0 amide bonds. The summed E-state index contributed by atoms with van der Waals surface area (Å²) >= 11 is 0. The van der Waals surface area contributed by atoms with Crippen molar-refractivity contribution >= 4 is 17.9 Å². The van der Waals surface area contributed by atoms with Gasteiger partial charge >= 0.3 is 17.9 Å². The summed E-state index contributed by atoms with van der Waals surface area (Å²) in [6, 6.07) is 0. The van der Waals surface area contributed by atoms with Crippen LogP contribution in [-0.2, 0) is 28.6 Å². The highest BCUT2D eigenvalue weighted by Gasteiger charge is 2.18. The number of unbranched alkanes of at least 4 members (excludes halogenated alkanes) is 7. The molecule has 0 bridgehead atoms. The lowest BCUT2D eigenvalue weighted by atomic mass is 10.1. The second-order valence-electron chi connectivity index (χ2n) is 10.6. The van der Waals surface area contributed by atoms with E-state index in [0.717, 1.165) is 49.7 Å². The Kier molecular flexibility index (Phi) is 24.5. The van der Waals surface area contributed by atoms with Gasteiger partial charge in [0.25, 0.3) is 0 Å². The molecule has 6 nitrogen and oxygen atoms in total. The zero-order valence-corrected chi connectivity index (χ0v) is 27.0. The van der Waals surface area contributed by atoms with Gasteiger partial charge in [-0.3, -0.25) is 14.4 Å². The maximum Gasteiger partial charge on any atom is 0.306 e. The zero-order chi connectivity index (χ0) is 31.4. The third-order valence-electron chi connectivity index (χ3n) is 6.10. The highest BCUT2D eigenvalue weighted by molar-refractivity contribution is 5.69. The molecule has 0 aromatic carbocycles. The Bertz CT molecular complexity index is 996. The Morgan fingerprint density at radius 2 is 1.43 bits per heavy atom. The highest BCUT2D eigenvalue weighted by atomic mass is 16.6. The Morgan fingerprint density at radius 1 is 0.762 bits per heavy atom. The molecule has 0 saturated heterocycles. The average molecular weight is 583 g/mol. The molecule has 0 spiro atoms. The molecule has 0 aliphatic carbocycles. The first kappa shape index (κ1) is 38.7. The quantitative estimate of drug-likeness (QED) is 0.0443. The van der Waals surface area contributed by atoms with E-state index in [1.54, 1.807) is 6.08 Å². The average Bonchev–Trinajstić information content (AvgIpc) is 2.92. The molecule has 0 heterocycles. The minimum atomic E-state index is -0.670. The third-order valence-corrected chi connectivity index (χ3v) is 6.10. The minimum Gasteiger partial charge on any atom is -0.461 e. The van der Waals surface area contributed by atoms with Crippen molar-refractivity contribution in [1.82, 2.24) is 0 Å². The predicted octanol–water partition coefficient (Wildman–Crippen LogP) is 8.68. The van der Waals surface area contributed by atoms with Crippen LogP contribution in [0.3, 0.4) is 0 Å². The first-order valence-electron chi connectivity index (χ1n) is 15.4. The van der Waals surface area contributed by atoms with Gasteiger partial charge < -0.3 is 14.2 Å². The minimum absolute atomic E-state index is 0.00805. The molecule has 0 rings (SSSR count). The number of allylic oxidation sites excluding steroid dienone is 7. The van der Waals surface area contributed by atoms with E-state index < -0.39 is 18.0 Å². The second kappa shape index (κ2) is 26.6. The van der Waals surface area contributed by atoms with Gasteiger partial charge in [-0.05, 0) is 77.0 Å². The molecular weight excluding hydrogens is 528 g/mol. The summed E-state index contributed by atoms with van der Waals surface area (Å²) in [6.45, 7) is 10.6. The molecule has 1 atom stereocenters. The summed E-state index contributed by atoms with van der Waals surface area (Å²) < 4.78 is 16.1. The van der Waals surface area contributed by atoms with E-state index in [4.69, 9.17) is 14.2 Å². The van der Waals surface area contributed by atoms with Crippen LogP contribution in [0.1, 0.15) is 119 Å². The molecule has 0 aromatic rings. The fourth-order valence-corrected chi connectivity index (χ4v) is 3.79. The molecule has 0 radical (unpaired) electrons. The molecule has 0 aliphatic rings. The van der Waals surface area contributed by atoms with Crippen LogP contribution in [0.5, 0.6) is 0 Å². The largest absolute Gasteiger partial charge is 0.461 e. The number of hydrogen-bond donors (Lipinski definition) is 0. The summed E-state index contributed by atoms with van der Waals surface area (Å²) in [7, 11) is 0. The van der Waals surface area contributed by atoms with E-state index >= 15 is 0 Å². The Balaban J connectivity index is 4.67. The monoisotopic (exact) mass is 582 g/mol. The highest BCUT2D eigenvalue weighted by Crippen LogP contribution is 2.15. The number of ether oxygens (including phenoxy) is 3. The molecule has 0 aliphatic heterocycles. The van der Waals surface area contributed by atoms with Crippen molar-refractivity contribution in [3.8, 4) is 11.8 Å². The van der Waals surface area contributed by atoms with Crippen molar-refractivity contribution in [1.29, 1.82) is 0 Å². The van der Waals surface area contributed by atoms with Crippen molar-refractivity contribution in [2.45, 2.75) is 125 Å². The van der Waals surface area contributed by atoms with Crippen LogP contribution in [-0.4, -0.2) is 37.2 Å². The first-order chi connectivity index (χ1) is 20.1. The molecule has 6 heteroatoms. The van der Waals surface area contributed by atoms with Crippen LogP contribution in [0.4, 0.5) is 0 Å². The third kappa shape index (κ3) is 25.6. The zero-order valence-electron chi connectivity index (χ0n) is 27.0. The standard InChI is InChI=1S/C36H54O6/c1-7-8-9-10-11-12-13-14-15-16-17-18-19-20-24-36(39)40-28-27-34(29-41-32(5)37)35(42-33(6)38)26-25-31(4)23-21-22-30(2)3/h11-12,14-15,22,25,27,35H,7-10,13,16-20,24,26,28-29H2,1-6H3. The first-order valence-corrected chi connectivity index (χ1v) is 15.4. The Hall–Kier alpha value is -3.33. The Labute approximate surface area is 255 Å². The number of carbonyl (C=O) groups is 3. The van der Waals surface area contributed by atoms with Gasteiger partial charge in [0.05, 0.1) is 0 Å². The summed E-state index contributed by atoms with van der Waals surface area (Å²) in [5, 5.41) is 0. The van der Waals surface area contributed by atoms with Gasteiger partial charge in [0.1, 0.15) is 19.3 Å². The Morgan fingerprint density at radius 3 is 2.05 bits per heavy atom. The fourth-order valence-electron chi connectivity index (χ4n) is 3.79. The lowest BCUT2D eigenvalue weighted by Gasteiger charge is -2.19. The maximum atomic E-state index is 12.3. The number of esters is 3. The van der Waals surface area contributed by atoms with Crippen LogP contribution in [0.2, 0.25) is 0 Å². The fraction of sp³-hybridized carbons (Fsp3) is 0.583.